The summed E-state index contributed by atoms with van der Waals surface area (Å²) in [6.45, 7) is 4.16. The summed E-state index contributed by atoms with van der Waals surface area (Å²) in [5.41, 5.74) is 1.29. The van der Waals surface area contributed by atoms with Crippen molar-refractivity contribution in [2.24, 2.45) is 0 Å². The zero-order valence-corrected chi connectivity index (χ0v) is 16.2. The number of hydrogen-bond acceptors (Lipinski definition) is 4. The third-order valence-electron chi connectivity index (χ3n) is 3.41. The molecule has 0 aromatic heterocycles. The normalized spacial score (nSPS) is 11.5. The molecular weight excluding hydrogens is 372 g/mol. The number of halogens is 1. The molecule has 7 heteroatoms. The van der Waals surface area contributed by atoms with Gasteiger partial charge in [-0.05, 0) is 50.2 Å². The van der Waals surface area contributed by atoms with Crippen molar-refractivity contribution in [1.29, 1.82) is 0 Å². The number of amides is 2. The topological polar surface area (TPSA) is 67.4 Å². The van der Waals surface area contributed by atoms with Crippen molar-refractivity contribution < 1.29 is 14.3 Å². The molecule has 0 aliphatic rings. The molecule has 26 heavy (non-hydrogen) atoms. The molecule has 2 amide bonds. The van der Waals surface area contributed by atoms with Crippen molar-refractivity contribution in [2.75, 3.05) is 23.0 Å². The highest BCUT2D eigenvalue weighted by Gasteiger charge is 2.17. The number of para-hydroxylation sites is 2. The van der Waals surface area contributed by atoms with Crippen molar-refractivity contribution in [2.45, 2.75) is 19.1 Å². The van der Waals surface area contributed by atoms with Gasteiger partial charge in [-0.25, -0.2) is 0 Å². The molecule has 0 radical (unpaired) electrons. The molecule has 1 atom stereocenters. The van der Waals surface area contributed by atoms with Crippen LogP contribution in [-0.4, -0.2) is 29.4 Å². The maximum absolute atomic E-state index is 12.3. The van der Waals surface area contributed by atoms with Crippen LogP contribution in [-0.2, 0) is 9.59 Å². The Morgan fingerprint density at radius 3 is 2.50 bits per heavy atom. The van der Waals surface area contributed by atoms with E-state index in [-0.39, 0.29) is 22.8 Å². The molecule has 0 fully saturated rings. The molecule has 0 heterocycles. The van der Waals surface area contributed by atoms with E-state index in [1.165, 1.54) is 11.8 Å². The molecule has 0 unspecified atom stereocenters. The van der Waals surface area contributed by atoms with E-state index in [1.54, 1.807) is 43.3 Å². The minimum absolute atomic E-state index is 0.171. The molecule has 5 nitrogen and oxygen atoms in total. The SMILES string of the molecule is CCOc1ccccc1NC(=O)[C@H](C)SCC(=O)Nc1ccc(Cl)cc1. The lowest BCUT2D eigenvalue weighted by Gasteiger charge is -2.14. The Kier molecular flexibility index (Phi) is 7.81. The number of carbonyl (C=O) groups excluding carboxylic acids is 2. The maximum Gasteiger partial charge on any atom is 0.237 e. The number of carbonyl (C=O) groups is 2. The zero-order valence-electron chi connectivity index (χ0n) is 14.6. The minimum Gasteiger partial charge on any atom is -0.492 e. The third-order valence-corrected chi connectivity index (χ3v) is 4.80. The Hall–Kier alpha value is -2.18. The van der Waals surface area contributed by atoms with Crippen molar-refractivity contribution in [1.82, 2.24) is 0 Å². The zero-order chi connectivity index (χ0) is 18.9. The lowest BCUT2D eigenvalue weighted by Crippen LogP contribution is -2.25. The molecule has 2 N–H and O–H groups in total. The van der Waals surface area contributed by atoms with Gasteiger partial charge in [0, 0.05) is 10.7 Å². The average molecular weight is 393 g/mol. The first-order chi connectivity index (χ1) is 12.5. The van der Waals surface area contributed by atoms with E-state index < -0.39 is 0 Å². The van der Waals surface area contributed by atoms with E-state index in [0.717, 1.165) is 0 Å². The second-order valence-electron chi connectivity index (χ2n) is 5.43. The van der Waals surface area contributed by atoms with Crippen LogP contribution < -0.4 is 15.4 Å². The lowest BCUT2D eigenvalue weighted by molar-refractivity contribution is -0.115. The summed E-state index contributed by atoms with van der Waals surface area (Å²) in [5, 5.41) is 5.83. The molecule has 2 aromatic rings. The first-order valence-electron chi connectivity index (χ1n) is 8.19. The van der Waals surface area contributed by atoms with Gasteiger partial charge in [-0.1, -0.05) is 23.7 Å². The fourth-order valence-electron chi connectivity index (χ4n) is 2.09. The molecule has 0 aliphatic carbocycles. The fourth-order valence-corrected chi connectivity index (χ4v) is 2.90. The summed E-state index contributed by atoms with van der Waals surface area (Å²) in [6, 6.07) is 14.1. The van der Waals surface area contributed by atoms with Crippen LogP contribution in [0.2, 0.25) is 5.02 Å². The highest BCUT2D eigenvalue weighted by Crippen LogP contribution is 2.25. The van der Waals surface area contributed by atoms with Gasteiger partial charge in [0.05, 0.1) is 23.3 Å². The van der Waals surface area contributed by atoms with Crippen molar-refractivity contribution in [3.63, 3.8) is 0 Å². The van der Waals surface area contributed by atoms with Gasteiger partial charge in [0.15, 0.2) is 0 Å². The van der Waals surface area contributed by atoms with E-state index in [2.05, 4.69) is 10.6 Å². The van der Waals surface area contributed by atoms with Crippen LogP contribution in [0.25, 0.3) is 0 Å². The Bertz CT molecular complexity index is 753. The van der Waals surface area contributed by atoms with Crippen molar-refractivity contribution in [3.8, 4) is 5.75 Å². The van der Waals surface area contributed by atoms with Crippen LogP contribution in [0.1, 0.15) is 13.8 Å². The molecule has 0 saturated heterocycles. The number of nitrogens with one attached hydrogen (secondary N) is 2. The largest absolute Gasteiger partial charge is 0.492 e. The predicted molar refractivity (Wildman–Crippen MR) is 108 cm³/mol. The number of rotatable bonds is 8. The van der Waals surface area contributed by atoms with Gasteiger partial charge in [-0.2, -0.15) is 0 Å². The molecule has 2 rings (SSSR count). The van der Waals surface area contributed by atoms with Crippen LogP contribution in [0.5, 0.6) is 5.75 Å². The van der Waals surface area contributed by atoms with E-state index in [4.69, 9.17) is 16.3 Å². The monoisotopic (exact) mass is 392 g/mol. The smallest absolute Gasteiger partial charge is 0.237 e. The summed E-state index contributed by atoms with van der Waals surface area (Å²) < 4.78 is 5.50. The standard InChI is InChI=1S/C19H21ClN2O3S/c1-3-25-17-7-5-4-6-16(17)22-19(24)13(2)26-12-18(23)21-15-10-8-14(20)9-11-15/h4-11,13H,3,12H2,1-2H3,(H,21,23)(H,22,24)/t13-/m0/s1. The van der Waals surface area contributed by atoms with Gasteiger partial charge in [0.1, 0.15) is 5.75 Å². The summed E-state index contributed by atoms with van der Waals surface area (Å²) >= 11 is 7.08. The second kappa shape index (κ2) is 10.1. The number of benzene rings is 2. The summed E-state index contributed by atoms with van der Waals surface area (Å²) in [6.07, 6.45) is 0. The maximum atomic E-state index is 12.3. The highest BCUT2D eigenvalue weighted by atomic mass is 35.5. The first kappa shape index (κ1) is 20.1. The number of anilines is 2. The molecule has 0 aliphatic heterocycles. The van der Waals surface area contributed by atoms with Crippen molar-refractivity contribution in [3.05, 3.63) is 53.6 Å². The number of thioether (sulfide) groups is 1. The predicted octanol–water partition coefficient (Wildman–Crippen LogP) is 4.44. The molecule has 0 spiro atoms. The lowest BCUT2D eigenvalue weighted by atomic mass is 10.3. The summed E-state index contributed by atoms with van der Waals surface area (Å²) in [5.74, 6) is 0.443. The van der Waals surface area contributed by atoms with Crippen LogP contribution in [0, 0.1) is 0 Å². The van der Waals surface area contributed by atoms with Gasteiger partial charge in [0.2, 0.25) is 11.8 Å². The minimum atomic E-state index is -0.388. The van der Waals surface area contributed by atoms with Crippen LogP contribution >= 0.6 is 23.4 Å². The molecule has 0 bridgehead atoms. The Morgan fingerprint density at radius 2 is 1.81 bits per heavy atom. The van der Waals surface area contributed by atoms with Crippen LogP contribution in [0.3, 0.4) is 0 Å². The van der Waals surface area contributed by atoms with E-state index in [9.17, 15) is 9.59 Å². The van der Waals surface area contributed by atoms with Gasteiger partial charge < -0.3 is 15.4 Å². The van der Waals surface area contributed by atoms with Gasteiger partial charge in [-0.3, -0.25) is 9.59 Å². The number of hydrogen-bond donors (Lipinski definition) is 2. The second-order valence-corrected chi connectivity index (χ2v) is 7.19. The van der Waals surface area contributed by atoms with Crippen molar-refractivity contribution >= 4 is 46.6 Å². The van der Waals surface area contributed by atoms with Gasteiger partial charge in [0.25, 0.3) is 0 Å². The Balaban J connectivity index is 1.83. The summed E-state index contributed by atoms with van der Waals surface area (Å²) in [7, 11) is 0. The molecule has 0 saturated carbocycles. The van der Waals surface area contributed by atoms with Crippen LogP contribution in [0.15, 0.2) is 48.5 Å². The van der Waals surface area contributed by atoms with E-state index >= 15 is 0 Å². The number of ether oxygens (including phenoxy) is 1. The molecule has 2 aromatic carbocycles. The van der Waals surface area contributed by atoms with Gasteiger partial charge >= 0.3 is 0 Å². The van der Waals surface area contributed by atoms with E-state index in [1.807, 2.05) is 19.1 Å². The third kappa shape index (κ3) is 6.28. The first-order valence-corrected chi connectivity index (χ1v) is 9.62. The van der Waals surface area contributed by atoms with Crippen LogP contribution in [0.4, 0.5) is 11.4 Å². The fraction of sp³-hybridized carbons (Fsp3) is 0.263. The Morgan fingerprint density at radius 1 is 1.12 bits per heavy atom. The molecular formula is C19H21ClN2O3S. The Labute approximate surface area is 162 Å². The van der Waals surface area contributed by atoms with Gasteiger partial charge in [-0.15, -0.1) is 11.8 Å². The summed E-state index contributed by atoms with van der Waals surface area (Å²) in [4.78, 5) is 24.3. The average Bonchev–Trinajstić information content (AvgIpc) is 2.63. The highest BCUT2D eigenvalue weighted by molar-refractivity contribution is 8.01. The quantitative estimate of drug-likeness (QED) is 0.697. The molecule has 138 valence electrons. The van der Waals surface area contributed by atoms with E-state index in [0.29, 0.717) is 28.8 Å².